The molecule has 0 aromatic carbocycles. The minimum absolute atomic E-state index is 0.0172. The van der Waals surface area contributed by atoms with Gasteiger partial charge >= 0.3 is 0 Å². The van der Waals surface area contributed by atoms with Gasteiger partial charge in [0, 0.05) is 24.1 Å². The molecule has 0 unspecified atom stereocenters. The van der Waals surface area contributed by atoms with Gasteiger partial charge in [0.1, 0.15) is 5.65 Å². The maximum atomic E-state index is 13.4. The molecular weight excluding hydrogens is 358 g/mol. The minimum Gasteiger partial charge on any atom is -0.394 e. The molecule has 1 fully saturated rings. The standard InChI is InChI=1S/C20H25N5O3/c1-12-15-11-16(17-3-2-8-22-17)19(27)25(18(15)24-20(21)23-12)13-4-6-14(7-5-13)28-10-9-26/h3,8,11,13-14,26H,2,4-7,9-10H2,1H3,(H2,21,23,24). The fourth-order valence-corrected chi connectivity index (χ4v) is 4.13. The number of aliphatic hydroxyl groups excluding tert-OH is 1. The summed E-state index contributed by atoms with van der Waals surface area (Å²) in [7, 11) is 0. The molecule has 0 bridgehead atoms. The first kappa shape index (κ1) is 18.8. The van der Waals surface area contributed by atoms with Gasteiger partial charge in [-0.1, -0.05) is 6.08 Å². The molecule has 2 aliphatic rings. The smallest absolute Gasteiger partial charge is 0.261 e. The van der Waals surface area contributed by atoms with Crippen molar-refractivity contribution in [2.45, 2.75) is 51.2 Å². The lowest BCUT2D eigenvalue weighted by atomic mass is 9.92. The Labute approximate surface area is 162 Å². The second kappa shape index (κ2) is 7.81. The Morgan fingerprint density at radius 2 is 2.07 bits per heavy atom. The Morgan fingerprint density at radius 3 is 2.75 bits per heavy atom. The Bertz CT molecular complexity index is 1000. The lowest BCUT2D eigenvalue weighted by Crippen LogP contribution is -2.32. The van der Waals surface area contributed by atoms with Gasteiger partial charge in [-0.15, -0.1) is 0 Å². The zero-order chi connectivity index (χ0) is 19.7. The van der Waals surface area contributed by atoms with E-state index in [1.54, 1.807) is 10.8 Å². The molecular formula is C20H25N5O3. The summed E-state index contributed by atoms with van der Waals surface area (Å²) in [5, 5.41) is 9.78. The van der Waals surface area contributed by atoms with Crippen molar-refractivity contribution in [2.75, 3.05) is 18.9 Å². The van der Waals surface area contributed by atoms with Crippen LogP contribution in [-0.4, -0.2) is 45.2 Å². The Balaban J connectivity index is 1.79. The van der Waals surface area contributed by atoms with Gasteiger partial charge in [0.2, 0.25) is 5.95 Å². The minimum atomic E-state index is -0.0879. The summed E-state index contributed by atoms with van der Waals surface area (Å²) in [5.41, 5.74) is 8.43. The van der Waals surface area contributed by atoms with E-state index < -0.39 is 0 Å². The highest BCUT2D eigenvalue weighted by Crippen LogP contribution is 2.32. The molecule has 0 radical (unpaired) electrons. The normalized spacial score (nSPS) is 22.0. The Morgan fingerprint density at radius 1 is 1.29 bits per heavy atom. The third-order valence-corrected chi connectivity index (χ3v) is 5.48. The molecule has 0 saturated heterocycles. The maximum absolute atomic E-state index is 13.4. The number of aliphatic hydroxyl groups is 1. The topological polar surface area (TPSA) is 116 Å². The molecule has 4 rings (SSSR count). The molecule has 3 N–H and O–H groups in total. The van der Waals surface area contributed by atoms with Crippen LogP contribution in [0.2, 0.25) is 0 Å². The number of rotatable bonds is 5. The second-order valence-electron chi connectivity index (χ2n) is 7.30. The average molecular weight is 383 g/mol. The first-order chi connectivity index (χ1) is 13.6. The first-order valence-corrected chi connectivity index (χ1v) is 9.73. The van der Waals surface area contributed by atoms with Crippen molar-refractivity contribution in [3.8, 4) is 0 Å². The van der Waals surface area contributed by atoms with E-state index in [9.17, 15) is 4.79 Å². The van der Waals surface area contributed by atoms with Crippen LogP contribution in [0.1, 0.15) is 49.4 Å². The summed E-state index contributed by atoms with van der Waals surface area (Å²) < 4.78 is 7.45. The van der Waals surface area contributed by atoms with Gasteiger partial charge in [-0.3, -0.25) is 14.4 Å². The predicted octanol–water partition coefficient (Wildman–Crippen LogP) is 1.99. The van der Waals surface area contributed by atoms with Crippen LogP contribution >= 0.6 is 0 Å². The number of fused-ring (bicyclic) bond motifs is 1. The molecule has 28 heavy (non-hydrogen) atoms. The van der Waals surface area contributed by atoms with Crippen LogP contribution in [0.25, 0.3) is 16.7 Å². The molecule has 2 aromatic rings. The van der Waals surface area contributed by atoms with Crippen LogP contribution in [0, 0.1) is 6.92 Å². The molecule has 1 saturated carbocycles. The number of hydrogen-bond acceptors (Lipinski definition) is 7. The average Bonchev–Trinajstić information content (AvgIpc) is 3.21. The molecule has 8 heteroatoms. The summed E-state index contributed by atoms with van der Waals surface area (Å²) >= 11 is 0. The third kappa shape index (κ3) is 3.45. The van der Waals surface area contributed by atoms with E-state index in [2.05, 4.69) is 15.0 Å². The molecule has 2 aromatic heterocycles. The number of aliphatic imine (C=N–C) groups is 1. The fraction of sp³-hybridized carbons (Fsp3) is 0.500. The van der Waals surface area contributed by atoms with Gasteiger partial charge in [-0.25, -0.2) is 4.98 Å². The van der Waals surface area contributed by atoms with E-state index >= 15 is 0 Å². The highest BCUT2D eigenvalue weighted by molar-refractivity contribution is 5.86. The molecule has 0 atom stereocenters. The van der Waals surface area contributed by atoms with E-state index in [0.29, 0.717) is 23.5 Å². The lowest BCUT2D eigenvalue weighted by Gasteiger charge is -2.30. The van der Waals surface area contributed by atoms with Crippen LogP contribution in [0.15, 0.2) is 21.9 Å². The zero-order valence-electron chi connectivity index (χ0n) is 16.0. The Kier molecular flexibility index (Phi) is 5.23. The van der Waals surface area contributed by atoms with Crippen molar-refractivity contribution in [3.63, 3.8) is 0 Å². The van der Waals surface area contributed by atoms with Crippen LogP contribution in [0.5, 0.6) is 0 Å². The van der Waals surface area contributed by atoms with Crippen molar-refractivity contribution in [3.05, 3.63) is 33.8 Å². The van der Waals surface area contributed by atoms with Gasteiger partial charge in [0.25, 0.3) is 5.56 Å². The maximum Gasteiger partial charge on any atom is 0.261 e. The molecule has 0 amide bonds. The molecule has 8 nitrogen and oxygen atoms in total. The monoisotopic (exact) mass is 383 g/mol. The summed E-state index contributed by atoms with van der Waals surface area (Å²) in [6.45, 7) is 2.25. The first-order valence-electron chi connectivity index (χ1n) is 9.73. The Hall–Kier alpha value is -2.58. The van der Waals surface area contributed by atoms with Crippen molar-refractivity contribution in [1.29, 1.82) is 0 Å². The highest BCUT2D eigenvalue weighted by Gasteiger charge is 2.27. The van der Waals surface area contributed by atoms with E-state index in [4.69, 9.17) is 15.6 Å². The van der Waals surface area contributed by atoms with E-state index in [1.165, 1.54) is 0 Å². The predicted molar refractivity (Wildman–Crippen MR) is 108 cm³/mol. The van der Waals surface area contributed by atoms with Crippen LogP contribution in [0.3, 0.4) is 0 Å². The van der Waals surface area contributed by atoms with E-state index in [1.807, 2.05) is 19.1 Å². The molecule has 3 heterocycles. The van der Waals surface area contributed by atoms with E-state index in [0.717, 1.165) is 43.2 Å². The number of ether oxygens (including phenoxy) is 1. The van der Waals surface area contributed by atoms with Gasteiger partial charge in [-0.2, -0.15) is 4.98 Å². The number of hydrogen-bond donors (Lipinski definition) is 2. The van der Waals surface area contributed by atoms with Crippen molar-refractivity contribution in [1.82, 2.24) is 14.5 Å². The van der Waals surface area contributed by atoms with Crippen molar-refractivity contribution in [2.24, 2.45) is 4.99 Å². The molecule has 0 spiro atoms. The quantitative estimate of drug-likeness (QED) is 0.816. The van der Waals surface area contributed by atoms with Gasteiger partial charge in [0.15, 0.2) is 0 Å². The van der Waals surface area contributed by atoms with Gasteiger partial charge in [-0.05, 0) is 38.7 Å². The second-order valence-corrected chi connectivity index (χ2v) is 7.30. The summed E-state index contributed by atoms with van der Waals surface area (Å²) in [4.78, 5) is 26.5. The summed E-state index contributed by atoms with van der Waals surface area (Å²) in [6.07, 6.45) is 7.90. The van der Waals surface area contributed by atoms with Crippen LogP contribution in [-0.2, 0) is 4.74 Å². The fourth-order valence-electron chi connectivity index (χ4n) is 4.13. The third-order valence-electron chi connectivity index (χ3n) is 5.48. The number of anilines is 1. The largest absolute Gasteiger partial charge is 0.394 e. The lowest BCUT2D eigenvalue weighted by molar-refractivity contribution is 0.00167. The van der Waals surface area contributed by atoms with Gasteiger partial charge < -0.3 is 15.6 Å². The SMILES string of the molecule is Cc1nc(N)nc2c1cc(C1=CCC=N1)c(=O)n2C1CCC(OCCO)CC1. The van der Waals surface area contributed by atoms with Crippen LogP contribution in [0.4, 0.5) is 5.95 Å². The number of nitrogens with two attached hydrogens (primary N) is 1. The van der Waals surface area contributed by atoms with Crippen molar-refractivity contribution < 1.29 is 9.84 Å². The number of allylic oxidation sites excluding steroid dienone is 1. The summed E-state index contributed by atoms with van der Waals surface area (Å²) in [5.74, 6) is 0.170. The van der Waals surface area contributed by atoms with Crippen LogP contribution < -0.4 is 11.3 Å². The molecule has 1 aliphatic carbocycles. The molecule has 148 valence electrons. The number of aryl methyl sites for hydroxylation is 1. The van der Waals surface area contributed by atoms with Gasteiger partial charge in [0.05, 0.1) is 36.3 Å². The number of nitrogen functional groups attached to an aromatic ring is 1. The number of pyridine rings is 1. The zero-order valence-corrected chi connectivity index (χ0v) is 16.0. The van der Waals surface area contributed by atoms with E-state index in [-0.39, 0.29) is 30.3 Å². The van der Waals surface area contributed by atoms with Crippen molar-refractivity contribution >= 4 is 28.9 Å². The summed E-state index contributed by atoms with van der Waals surface area (Å²) in [6, 6.07) is 1.86. The molecule has 1 aliphatic heterocycles. The highest BCUT2D eigenvalue weighted by atomic mass is 16.5. The number of nitrogens with zero attached hydrogens (tertiary/aromatic N) is 4. The number of aromatic nitrogens is 3.